The Bertz CT molecular complexity index is 537. The van der Waals surface area contributed by atoms with Crippen molar-refractivity contribution in [2.75, 3.05) is 10.5 Å². The highest BCUT2D eigenvalue weighted by Crippen LogP contribution is 2.17. The van der Waals surface area contributed by atoms with E-state index in [-0.39, 0.29) is 18.6 Å². The number of nitrogens with one attached hydrogen (secondary N) is 1. The average Bonchev–Trinajstić information content (AvgIpc) is 2.21. The number of sulfonamides is 1. The minimum absolute atomic E-state index is 0.107. The van der Waals surface area contributed by atoms with Gasteiger partial charge in [-0.05, 0) is 31.9 Å². The third-order valence-electron chi connectivity index (χ3n) is 2.45. The Morgan fingerprint density at radius 1 is 1.33 bits per heavy atom. The first-order valence-corrected chi connectivity index (χ1v) is 7.25. The molecule has 0 radical (unpaired) electrons. The number of hydrogen-bond acceptors (Lipinski definition) is 3. The maximum Gasteiger partial charge on any atom is 0.303 e. The van der Waals surface area contributed by atoms with Gasteiger partial charge in [0, 0.05) is 6.42 Å². The fraction of sp³-hybridized carbons (Fsp3) is 0.417. The van der Waals surface area contributed by atoms with Gasteiger partial charge in [-0.2, -0.15) is 0 Å². The maximum absolute atomic E-state index is 11.7. The number of aryl methyl sites for hydroxylation is 2. The molecule has 0 aliphatic heterocycles. The minimum Gasteiger partial charge on any atom is -0.481 e. The summed E-state index contributed by atoms with van der Waals surface area (Å²) >= 11 is 0. The topological polar surface area (TPSA) is 83.5 Å². The van der Waals surface area contributed by atoms with Gasteiger partial charge < -0.3 is 5.11 Å². The highest BCUT2D eigenvalue weighted by molar-refractivity contribution is 7.92. The van der Waals surface area contributed by atoms with Crippen molar-refractivity contribution in [3.8, 4) is 0 Å². The second kappa shape index (κ2) is 5.86. The van der Waals surface area contributed by atoms with Crippen molar-refractivity contribution < 1.29 is 18.3 Å². The Morgan fingerprint density at radius 3 is 2.56 bits per heavy atom. The van der Waals surface area contributed by atoms with Gasteiger partial charge in [-0.1, -0.05) is 17.7 Å². The molecule has 0 unspecified atom stereocenters. The van der Waals surface area contributed by atoms with Crippen LogP contribution in [-0.2, 0) is 14.8 Å². The van der Waals surface area contributed by atoms with Gasteiger partial charge in [0.15, 0.2) is 0 Å². The van der Waals surface area contributed by atoms with Crippen LogP contribution in [0.2, 0.25) is 0 Å². The van der Waals surface area contributed by atoms with Crippen molar-refractivity contribution >= 4 is 21.7 Å². The summed E-state index contributed by atoms with van der Waals surface area (Å²) in [6.45, 7) is 3.75. The molecule has 0 saturated carbocycles. The van der Waals surface area contributed by atoms with Crippen LogP contribution >= 0.6 is 0 Å². The van der Waals surface area contributed by atoms with Crippen LogP contribution < -0.4 is 4.72 Å². The zero-order valence-corrected chi connectivity index (χ0v) is 11.3. The first kappa shape index (κ1) is 14.5. The Kier molecular flexibility index (Phi) is 4.72. The first-order valence-electron chi connectivity index (χ1n) is 5.60. The van der Waals surface area contributed by atoms with Gasteiger partial charge in [-0.15, -0.1) is 0 Å². The summed E-state index contributed by atoms with van der Waals surface area (Å²) in [5.41, 5.74) is 2.44. The van der Waals surface area contributed by atoms with E-state index in [1.54, 1.807) is 6.07 Å². The number of rotatable bonds is 6. The summed E-state index contributed by atoms with van der Waals surface area (Å²) in [4.78, 5) is 10.3. The molecule has 0 aliphatic carbocycles. The standard InChI is InChI=1S/C12H17NO4S/c1-9-5-6-11(10(2)8-9)13-18(16,17)7-3-4-12(14)15/h5-6,8,13H,3-4,7H2,1-2H3,(H,14,15). The minimum atomic E-state index is -3.48. The first-order chi connectivity index (χ1) is 8.30. The quantitative estimate of drug-likeness (QED) is 0.827. The molecule has 0 spiro atoms. The van der Waals surface area contributed by atoms with Crippen molar-refractivity contribution in [1.29, 1.82) is 0 Å². The second-order valence-electron chi connectivity index (χ2n) is 4.24. The van der Waals surface area contributed by atoms with Gasteiger partial charge >= 0.3 is 5.97 Å². The van der Waals surface area contributed by atoms with Gasteiger partial charge in [-0.3, -0.25) is 9.52 Å². The summed E-state index contributed by atoms with van der Waals surface area (Å²) in [7, 11) is -3.48. The van der Waals surface area contributed by atoms with Crippen LogP contribution in [0.15, 0.2) is 18.2 Å². The lowest BCUT2D eigenvalue weighted by atomic mass is 10.1. The Labute approximate surface area is 107 Å². The Hall–Kier alpha value is -1.56. The molecule has 0 atom stereocenters. The molecule has 0 aromatic heterocycles. The van der Waals surface area contributed by atoms with Crippen molar-refractivity contribution in [3.05, 3.63) is 29.3 Å². The summed E-state index contributed by atoms with van der Waals surface area (Å²) in [5.74, 6) is -1.18. The lowest BCUT2D eigenvalue weighted by Crippen LogP contribution is -2.18. The van der Waals surface area contributed by atoms with Crippen molar-refractivity contribution in [2.45, 2.75) is 26.7 Å². The van der Waals surface area contributed by atoms with Crippen molar-refractivity contribution in [1.82, 2.24) is 0 Å². The molecular formula is C12H17NO4S. The molecule has 0 fully saturated rings. The van der Waals surface area contributed by atoms with Gasteiger partial charge in [-0.25, -0.2) is 8.42 Å². The Balaban J connectivity index is 2.67. The van der Waals surface area contributed by atoms with E-state index in [9.17, 15) is 13.2 Å². The SMILES string of the molecule is Cc1ccc(NS(=O)(=O)CCCC(=O)O)c(C)c1. The number of benzene rings is 1. The lowest BCUT2D eigenvalue weighted by molar-refractivity contribution is -0.137. The van der Waals surface area contributed by atoms with E-state index in [4.69, 9.17) is 5.11 Å². The summed E-state index contributed by atoms with van der Waals surface area (Å²) in [6.07, 6.45) is -0.0383. The van der Waals surface area contributed by atoms with Crippen LogP contribution in [0.5, 0.6) is 0 Å². The fourth-order valence-electron chi connectivity index (χ4n) is 1.56. The van der Waals surface area contributed by atoms with Gasteiger partial charge in [0.2, 0.25) is 10.0 Å². The van der Waals surface area contributed by atoms with Gasteiger partial charge in [0.1, 0.15) is 0 Å². The van der Waals surface area contributed by atoms with E-state index < -0.39 is 16.0 Å². The molecule has 1 aromatic carbocycles. The number of hydrogen-bond donors (Lipinski definition) is 2. The number of aliphatic carboxylic acids is 1. The molecule has 0 bridgehead atoms. The smallest absolute Gasteiger partial charge is 0.303 e. The predicted octanol–water partition coefficient (Wildman–Crippen LogP) is 1.91. The molecule has 0 aliphatic rings. The zero-order valence-electron chi connectivity index (χ0n) is 10.4. The van der Waals surface area contributed by atoms with E-state index in [1.807, 2.05) is 26.0 Å². The maximum atomic E-state index is 11.7. The number of carboxylic acids is 1. The second-order valence-corrected chi connectivity index (χ2v) is 6.08. The van der Waals surface area contributed by atoms with Crippen LogP contribution in [0.25, 0.3) is 0 Å². The molecule has 0 amide bonds. The molecule has 5 nitrogen and oxygen atoms in total. The van der Waals surface area contributed by atoms with Gasteiger partial charge in [0.25, 0.3) is 0 Å². The van der Waals surface area contributed by atoms with Crippen molar-refractivity contribution in [2.24, 2.45) is 0 Å². The van der Waals surface area contributed by atoms with Crippen LogP contribution in [0.4, 0.5) is 5.69 Å². The van der Waals surface area contributed by atoms with Crippen LogP contribution in [0.3, 0.4) is 0 Å². The predicted molar refractivity (Wildman–Crippen MR) is 70.2 cm³/mol. The van der Waals surface area contributed by atoms with E-state index in [0.717, 1.165) is 11.1 Å². The third-order valence-corrected chi connectivity index (χ3v) is 3.81. The van der Waals surface area contributed by atoms with E-state index in [0.29, 0.717) is 5.69 Å². The molecule has 1 rings (SSSR count). The number of carbonyl (C=O) groups is 1. The third kappa shape index (κ3) is 4.75. The monoisotopic (exact) mass is 271 g/mol. The summed E-state index contributed by atoms with van der Waals surface area (Å²) in [5, 5.41) is 8.46. The summed E-state index contributed by atoms with van der Waals surface area (Å²) < 4.78 is 25.9. The van der Waals surface area contributed by atoms with Crippen LogP contribution in [-0.4, -0.2) is 25.2 Å². The largest absolute Gasteiger partial charge is 0.481 e. The van der Waals surface area contributed by atoms with E-state index in [2.05, 4.69) is 4.72 Å². The molecular weight excluding hydrogens is 254 g/mol. The van der Waals surface area contributed by atoms with Crippen LogP contribution in [0, 0.1) is 13.8 Å². The molecule has 100 valence electrons. The number of carboxylic acid groups (broad SMARTS) is 1. The van der Waals surface area contributed by atoms with E-state index >= 15 is 0 Å². The average molecular weight is 271 g/mol. The van der Waals surface area contributed by atoms with E-state index in [1.165, 1.54) is 0 Å². The molecule has 0 saturated heterocycles. The molecule has 18 heavy (non-hydrogen) atoms. The zero-order chi connectivity index (χ0) is 13.8. The van der Waals surface area contributed by atoms with Gasteiger partial charge in [0.05, 0.1) is 11.4 Å². The summed E-state index contributed by atoms with van der Waals surface area (Å²) in [6, 6.07) is 5.41. The highest BCUT2D eigenvalue weighted by Gasteiger charge is 2.12. The molecule has 0 heterocycles. The molecule has 6 heteroatoms. The molecule has 1 aromatic rings. The molecule has 2 N–H and O–H groups in total. The van der Waals surface area contributed by atoms with Crippen LogP contribution in [0.1, 0.15) is 24.0 Å². The highest BCUT2D eigenvalue weighted by atomic mass is 32.2. The fourth-order valence-corrected chi connectivity index (χ4v) is 2.75. The lowest BCUT2D eigenvalue weighted by Gasteiger charge is -2.10. The Morgan fingerprint density at radius 2 is 2.00 bits per heavy atom. The number of anilines is 1. The van der Waals surface area contributed by atoms with Crippen molar-refractivity contribution in [3.63, 3.8) is 0 Å². The normalized spacial score (nSPS) is 11.2.